The van der Waals surface area contributed by atoms with Crippen molar-refractivity contribution in [1.29, 1.82) is 0 Å². The number of carbonyl (C=O) groups excluding carboxylic acids is 1. The van der Waals surface area contributed by atoms with Gasteiger partial charge in [0.15, 0.2) is 0 Å². The van der Waals surface area contributed by atoms with Gasteiger partial charge in [-0.1, -0.05) is 0 Å². The maximum Gasteiger partial charge on any atom is 0.144 e. The van der Waals surface area contributed by atoms with Crippen LogP contribution in [0.2, 0.25) is 0 Å². The molecule has 12 heavy (non-hydrogen) atoms. The van der Waals surface area contributed by atoms with Crippen LogP contribution in [0.5, 0.6) is 0 Å². The van der Waals surface area contributed by atoms with Crippen molar-refractivity contribution in [2.45, 2.75) is 13.5 Å². The predicted octanol–water partition coefficient (Wildman–Crippen LogP) is 1.18. The van der Waals surface area contributed by atoms with E-state index in [0.29, 0.717) is 10.8 Å². The van der Waals surface area contributed by atoms with E-state index in [1.165, 1.54) is 18.3 Å². The second-order valence-electron chi connectivity index (χ2n) is 1.91. The molecule has 1 rings (SSSR count). The molecule has 0 aliphatic carbocycles. The number of rotatable bonds is 2. The summed E-state index contributed by atoms with van der Waals surface area (Å²) in [7, 11) is 0. The third kappa shape index (κ3) is 3.41. The van der Waals surface area contributed by atoms with Crippen LogP contribution in [0.1, 0.15) is 12.6 Å². The molecule has 4 nitrogen and oxygen atoms in total. The van der Waals surface area contributed by atoms with Crippen LogP contribution in [0.15, 0.2) is 5.38 Å². The Morgan fingerprint density at radius 1 is 1.83 bits per heavy atom. The van der Waals surface area contributed by atoms with Gasteiger partial charge >= 0.3 is 0 Å². The van der Waals surface area contributed by atoms with E-state index >= 15 is 0 Å². The van der Waals surface area contributed by atoms with Gasteiger partial charge in [-0.05, 0) is 18.0 Å². The standard InChI is InChI=1S/C6H8N2O2S.Re/c1-4(10)7-6-8-5(2-9)3-11-6;/h3,9H,2H2,1H3,(H,7,8,10);/p-1. The fourth-order valence-corrected chi connectivity index (χ4v) is 1.27. The van der Waals surface area contributed by atoms with Crippen molar-refractivity contribution in [1.82, 2.24) is 4.98 Å². The molecule has 0 unspecified atom stereocenters. The summed E-state index contributed by atoms with van der Waals surface area (Å²) in [5.41, 5.74) is 0.551. The summed E-state index contributed by atoms with van der Waals surface area (Å²) in [5, 5.41) is 14.3. The molecule has 0 aromatic carbocycles. The van der Waals surface area contributed by atoms with Crippen molar-refractivity contribution >= 4 is 22.4 Å². The van der Waals surface area contributed by atoms with Gasteiger partial charge in [0.2, 0.25) is 0 Å². The molecule has 1 N–H and O–H groups in total. The zero-order chi connectivity index (χ0) is 8.27. The topological polar surface area (TPSA) is 64.3 Å². The molecule has 1 radical (unpaired) electrons. The van der Waals surface area contributed by atoms with Gasteiger partial charge in [-0.3, -0.25) is 4.79 Å². The Morgan fingerprint density at radius 3 is 2.92 bits per heavy atom. The molecule has 1 aromatic rings. The Labute approximate surface area is 87.7 Å². The molecule has 0 aliphatic heterocycles. The number of carbonyl (C=O) groups is 1. The number of aromatic nitrogens is 1. The third-order valence-electron chi connectivity index (χ3n) is 0.955. The predicted molar refractivity (Wildman–Crippen MR) is 41.7 cm³/mol. The Balaban J connectivity index is 0.00000121. The second-order valence-corrected chi connectivity index (χ2v) is 2.75. The molecule has 1 aromatic heterocycles. The Hall–Kier alpha value is -0.278. The fraction of sp³-hybridized carbons (Fsp3) is 0.333. The van der Waals surface area contributed by atoms with E-state index in [2.05, 4.69) is 10.3 Å². The first-order chi connectivity index (χ1) is 5.22. The van der Waals surface area contributed by atoms with E-state index < -0.39 is 0 Å². The van der Waals surface area contributed by atoms with E-state index in [9.17, 15) is 4.79 Å². The van der Waals surface area contributed by atoms with Gasteiger partial charge in [0, 0.05) is 25.6 Å². The molecule has 0 fully saturated rings. The van der Waals surface area contributed by atoms with E-state index in [0.717, 1.165) is 0 Å². The quantitative estimate of drug-likeness (QED) is 0.865. The molecule has 1 amide bonds. The molecule has 0 bridgehead atoms. The van der Waals surface area contributed by atoms with Gasteiger partial charge in [0.05, 0.1) is 6.61 Å². The van der Waals surface area contributed by atoms with E-state index in [4.69, 9.17) is 5.11 Å². The second kappa shape index (κ2) is 5.38. The number of hydrogen-bond donors (Lipinski definition) is 1. The number of aliphatic hydroxyl groups excluding tert-OH is 1. The monoisotopic (exact) mass is 358 g/mol. The summed E-state index contributed by atoms with van der Waals surface area (Å²) in [6.07, 6.45) is 0. The van der Waals surface area contributed by atoms with E-state index in [1.54, 1.807) is 5.38 Å². The van der Waals surface area contributed by atoms with Crippen molar-refractivity contribution in [3.63, 3.8) is 0 Å². The summed E-state index contributed by atoms with van der Waals surface area (Å²) in [6, 6.07) is 0. The normalized spacial score (nSPS) is 8.83. The number of thiazole rings is 1. The smallest absolute Gasteiger partial charge is 0.144 e. The summed E-state index contributed by atoms with van der Waals surface area (Å²) >= 11 is 1.24. The molecule has 0 saturated heterocycles. The van der Waals surface area contributed by atoms with Crippen LogP contribution in [0.4, 0.5) is 5.13 Å². The van der Waals surface area contributed by atoms with Gasteiger partial charge in [-0.25, -0.2) is 0 Å². The van der Waals surface area contributed by atoms with Crippen molar-refractivity contribution in [2.24, 2.45) is 0 Å². The Morgan fingerprint density at radius 2 is 2.50 bits per heavy atom. The molecule has 0 saturated carbocycles. The van der Waals surface area contributed by atoms with Crippen LogP contribution in [0, 0.1) is 0 Å². The van der Waals surface area contributed by atoms with Crippen molar-refractivity contribution < 1.29 is 30.3 Å². The molecule has 0 spiro atoms. The number of aliphatic hydroxyl groups is 1. The van der Waals surface area contributed by atoms with Gasteiger partial charge in [-0.2, -0.15) is 11.3 Å². The van der Waals surface area contributed by atoms with Crippen LogP contribution in [0.3, 0.4) is 0 Å². The van der Waals surface area contributed by atoms with Crippen molar-refractivity contribution in [3.05, 3.63) is 16.4 Å². The first-order valence-electron chi connectivity index (χ1n) is 3.00. The van der Waals surface area contributed by atoms with E-state index in [-0.39, 0.29) is 32.9 Å². The average Bonchev–Trinajstić information content (AvgIpc) is 2.34. The van der Waals surface area contributed by atoms with Gasteiger partial charge < -0.3 is 15.4 Å². The summed E-state index contributed by atoms with van der Waals surface area (Å²) in [5.74, 6) is -0.274. The Kier molecular flexibility index (Phi) is 5.26. The summed E-state index contributed by atoms with van der Waals surface area (Å²) in [4.78, 5) is 14.3. The average molecular weight is 357 g/mol. The summed E-state index contributed by atoms with van der Waals surface area (Å²) < 4.78 is 0. The van der Waals surface area contributed by atoms with Crippen molar-refractivity contribution in [3.8, 4) is 0 Å². The molecule has 1 heterocycles. The molecule has 0 aliphatic rings. The first-order valence-corrected chi connectivity index (χ1v) is 3.88. The van der Waals surface area contributed by atoms with Crippen molar-refractivity contribution in [2.75, 3.05) is 0 Å². The van der Waals surface area contributed by atoms with Crippen LogP contribution in [-0.4, -0.2) is 16.0 Å². The van der Waals surface area contributed by atoms with Gasteiger partial charge in [-0.15, -0.1) is 0 Å². The SMILES string of the molecule is CC(=O)[N-]c1nc(CO)cs1.[Re]. The molecular formula is C6H7N2O2ReS-. The number of hydrogen-bond acceptors (Lipinski definition) is 4. The maximum absolute atomic E-state index is 10.4. The fourth-order valence-electron chi connectivity index (χ4n) is 0.555. The Bertz CT molecular complexity index is 264. The van der Waals surface area contributed by atoms with Gasteiger partial charge in [0.1, 0.15) is 5.91 Å². The van der Waals surface area contributed by atoms with Crippen LogP contribution in [-0.2, 0) is 31.8 Å². The van der Waals surface area contributed by atoms with E-state index in [1.807, 2.05) is 0 Å². The largest absolute Gasteiger partial charge is 0.428 e. The van der Waals surface area contributed by atoms with Crippen LogP contribution >= 0.6 is 11.3 Å². The minimum Gasteiger partial charge on any atom is -0.428 e. The number of amides is 1. The molecule has 67 valence electrons. The van der Waals surface area contributed by atoms with Crippen LogP contribution in [0.25, 0.3) is 5.32 Å². The maximum atomic E-state index is 10.4. The number of nitrogens with zero attached hydrogens (tertiary/aromatic N) is 2. The molecule has 0 atom stereocenters. The zero-order valence-corrected chi connectivity index (χ0v) is 9.85. The molecule has 6 heteroatoms. The molecular weight excluding hydrogens is 350 g/mol. The first kappa shape index (κ1) is 11.7. The third-order valence-corrected chi connectivity index (χ3v) is 1.74. The zero-order valence-electron chi connectivity index (χ0n) is 6.32. The minimum atomic E-state index is -0.274. The minimum absolute atomic E-state index is 0. The summed E-state index contributed by atoms with van der Waals surface area (Å²) in [6.45, 7) is 1.25. The van der Waals surface area contributed by atoms with Gasteiger partial charge in [0.25, 0.3) is 0 Å². The van der Waals surface area contributed by atoms with Crippen LogP contribution < -0.4 is 0 Å².